The lowest BCUT2D eigenvalue weighted by Gasteiger charge is -2.27. The van der Waals surface area contributed by atoms with Crippen LogP contribution in [0, 0.1) is 15.9 Å². The largest absolute Gasteiger partial charge is 0.378 e. The second-order valence-corrected chi connectivity index (χ2v) is 8.43. The van der Waals surface area contributed by atoms with Crippen molar-refractivity contribution in [2.45, 2.75) is 9.79 Å². The van der Waals surface area contributed by atoms with Gasteiger partial charge in [0.1, 0.15) is 0 Å². The fraction of sp³-hybridized carbons (Fsp3) is 0.190. The van der Waals surface area contributed by atoms with E-state index in [1.54, 1.807) is 41.3 Å². The second-order valence-electron chi connectivity index (χ2n) is 6.87. The highest BCUT2D eigenvalue weighted by Gasteiger charge is 2.18. The van der Waals surface area contributed by atoms with Gasteiger partial charge in [0.2, 0.25) is 5.95 Å². The van der Waals surface area contributed by atoms with Crippen LogP contribution in [0.4, 0.5) is 21.8 Å². The number of halogens is 2. The minimum atomic E-state index is -0.532. The van der Waals surface area contributed by atoms with E-state index in [0.29, 0.717) is 41.8 Å². The third kappa shape index (κ3) is 5.95. The first-order chi connectivity index (χ1) is 16.0. The van der Waals surface area contributed by atoms with Crippen molar-refractivity contribution in [3.63, 3.8) is 0 Å². The van der Waals surface area contributed by atoms with Crippen molar-refractivity contribution in [3.05, 3.63) is 75.2 Å². The number of benzene rings is 2. The van der Waals surface area contributed by atoms with E-state index in [4.69, 9.17) is 16.3 Å². The smallest absolute Gasteiger partial charge is 0.283 e. The summed E-state index contributed by atoms with van der Waals surface area (Å²) in [5, 5.41) is 16.2. The van der Waals surface area contributed by atoms with E-state index < -0.39 is 10.7 Å². The zero-order valence-electron chi connectivity index (χ0n) is 17.1. The predicted molar refractivity (Wildman–Crippen MR) is 125 cm³/mol. The van der Waals surface area contributed by atoms with Crippen molar-refractivity contribution in [2.24, 2.45) is 5.10 Å². The molecule has 0 spiro atoms. The molecule has 0 unspecified atom stereocenters. The number of anilines is 2. The maximum atomic E-state index is 14.1. The number of hydrazone groups is 1. The molecule has 1 N–H and O–H groups in total. The number of nitro groups is 1. The molecule has 9 nitrogen and oxygen atoms in total. The Labute approximate surface area is 197 Å². The molecule has 12 heteroatoms. The third-order valence-corrected chi connectivity index (χ3v) is 5.96. The molecule has 1 aliphatic heterocycles. The molecule has 1 aromatic heterocycles. The van der Waals surface area contributed by atoms with E-state index in [1.807, 2.05) is 0 Å². The number of nitrogens with zero attached hydrogens (tertiary/aromatic N) is 5. The van der Waals surface area contributed by atoms with Crippen molar-refractivity contribution < 1.29 is 14.1 Å². The first-order valence-corrected chi connectivity index (χ1v) is 11.1. The first-order valence-electron chi connectivity index (χ1n) is 9.86. The Kier molecular flexibility index (Phi) is 7.33. The molecule has 0 amide bonds. The number of ether oxygens (including phenoxy) is 1. The highest BCUT2D eigenvalue weighted by Crippen LogP contribution is 2.35. The minimum absolute atomic E-state index is 0.0495. The topological polar surface area (TPSA) is 106 Å². The number of morpholine rings is 1. The van der Waals surface area contributed by atoms with Gasteiger partial charge in [0.25, 0.3) is 5.69 Å². The van der Waals surface area contributed by atoms with Crippen molar-refractivity contribution in [1.29, 1.82) is 0 Å². The van der Waals surface area contributed by atoms with Crippen LogP contribution in [0.2, 0.25) is 5.02 Å². The van der Waals surface area contributed by atoms with Crippen LogP contribution >= 0.6 is 23.4 Å². The van der Waals surface area contributed by atoms with Crippen molar-refractivity contribution in [1.82, 2.24) is 9.97 Å². The van der Waals surface area contributed by atoms with Gasteiger partial charge in [0, 0.05) is 34.6 Å². The van der Waals surface area contributed by atoms with E-state index in [-0.39, 0.29) is 17.5 Å². The normalized spacial score (nSPS) is 13.9. The molecule has 3 aromatic rings. The Morgan fingerprint density at radius 3 is 2.73 bits per heavy atom. The van der Waals surface area contributed by atoms with Crippen LogP contribution in [0.25, 0.3) is 0 Å². The molecule has 0 atom stereocenters. The van der Waals surface area contributed by atoms with Gasteiger partial charge < -0.3 is 9.64 Å². The van der Waals surface area contributed by atoms with Gasteiger partial charge in [0.15, 0.2) is 11.6 Å². The predicted octanol–water partition coefficient (Wildman–Crippen LogP) is 4.61. The Morgan fingerprint density at radius 1 is 1.24 bits per heavy atom. The van der Waals surface area contributed by atoms with E-state index >= 15 is 0 Å². The third-order valence-electron chi connectivity index (χ3n) is 4.64. The van der Waals surface area contributed by atoms with Crippen LogP contribution in [0.1, 0.15) is 5.56 Å². The molecule has 4 rings (SSSR count). The van der Waals surface area contributed by atoms with E-state index in [9.17, 15) is 14.5 Å². The van der Waals surface area contributed by atoms with Crippen LogP contribution in [0.15, 0.2) is 63.6 Å². The molecule has 0 aliphatic carbocycles. The molecule has 2 aromatic carbocycles. The van der Waals surface area contributed by atoms with Crippen molar-refractivity contribution >= 4 is 47.0 Å². The average Bonchev–Trinajstić information content (AvgIpc) is 2.83. The molecule has 2 heterocycles. The maximum Gasteiger partial charge on any atom is 0.283 e. The fourth-order valence-corrected chi connectivity index (χ4v) is 4.07. The molecular formula is C21H18ClFN6O3S. The summed E-state index contributed by atoms with van der Waals surface area (Å²) >= 11 is 7.16. The minimum Gasteiger partial charge on any atom is -0.378 e. The van der Waals surface area contributed by atoms with Crippen LogP contribution < -0.4 is 10.3 Å². The summed E-state index contributed by atoms with van der Waals surface area (Å²) in [5.74, 6) is -0.250. The molecule has 0 bridgehead atoms. The van der Waals surface area contributed by atoms with Crippen molar-refractivity contribution in [2.75, 3.05) is 36.6 Å². The lowest BCUT2D eigenvalue weighted by Crippen LogP contribution is -2.37. The Bertz CT molecular complexity index is 1180. The van der Waals surface area contributed by atoms with E-state index in [2.05, 4.69) is 20.5 Å². The van der Waals surface area contributed by atoms with Gasteiger partial charge in [-0.2, -0.15) is 10.1 Å². The number of aromatic nitrogens is 2. The van der Waals surface area contributed by atoms with E-state index in [0.717, 1.165) is 11.1 Å². The standard InChI is InChI=1S/C21H18ClFN6O3S/c22-15-2-4-16(5-3-15)33-19-6-1-14(11-18(19)29(30)31)12-25-27-21-24-13-17(23)20(26-21)28-7-9-32-10-8-28/h1-6,11-13H,7-10H2,(H,24,26,27)/b25-12-. The number of hydrogen-bond donors (Lipinski definition) is 1. The number of hydrogen-bond acceptors (Lipinski definition) is 9. The van der Waals surface area contributed by atoms with Gasteiger partial charge in [-0.1, -0.05) is 29.4 Å². The quantitative estimate of drug-likeness (QED) is 0.292. The highest BCUT2D eigenvalue weighted by molar-refractivity contribution is 7.99. The average molecular weight is 489 g/mol. The molecule has 1 fully saturated rings. The zero-order chi connectivity index (χ0) is 23.2. The maximum absolute atomic E-state index is 14.1. The van der Waals surface area contributed by atoms with Crippen LogP contribution in [-0.2, 0) is 4.74 Å². The molecule has 33 heavy (non-hydrogen) atoms. The molecular weight excluding hydrogens is 471 g/mol. The monoisotopic (exact) mass is 488 g/mol. The highest BCUT2D eigenvalue weighted by atomic mass is 35.5. The van der Waals surface area contributed by atoms with Crippen molar-refractivity contribution in [3.8, 4) is 0 Å². The summed E-state index contributed by atoms with van der Waals surface area (Å²) in [6, 6.07) is 11.8. The molecule has 0 radical (unpaired) electrons. The van der Waals surface area contributed by atoms with Gasteiger partial charge in [0.05, 0.1) is 35.4 Å². The van der Waals surface area contributed by atoms with Crippen LogP contribution in [0.5, 0.6) is 0 Å². The number of nitrogens with one attached hydrogen (secondary N) is 1. The van der Waals surface area contributed by atoms with Gasteiger partial charge in [-0.05, 0) is 30.3 Å². The van der Waals surface area contributed by atoms with E-state index in [1.165, 1.54) is 24.0 Å². The Balaban J connectivity index is 1.47. The molecule has 170 valence electrons. The fourth-order valence-electron chi connectivity index (χ4n) is 3.05. The molecule has 1 saturated heterocycles. The van der Waals surface area contributed by atoms with Crippen LogP contribution in [0.3, 0.4) is 0 Å². The lowest BCUT2D eigenvalue weighted by atomic mass is 10.2. The molecule has 1 aliphatic rings. The summed E-state index contributed by atoms with van der Waals surface area (Å²) in [7, 11) is 0. The summed E-state index contributed by atoms with van der Waals surface area (Å²) in [4.78, 5) is 22.3. The Hall–Kier alpha value is -3.28. The number of rotatable bonds is 7. The SMILES string of the molecule is O=[N+]([O-])c1cc(/C=N\Nc2ncc(F)c(N3CCOCC3)n2)ccc1Sc1ccc(Cl)cc1. The van der Waals surface area contributed by atoms with Gasteiger partial charge in [-0.25, -0.2) is 14.8 Å². The zero-order valence-corrected chi connectivity index (χ0v) is 18.7. The Morgan fingerprint density at radius 2 is 2.00 bits per heavy atom. The lowest BCUT2D eigenvalue weighted by molar-refractivity contribution is -0.387. The summed E-state index contributed by atoms with van der Waals surface area (Å²) in [5.41, 5.74) is 3.10. The van der Waals surface area contributed by atoms with Gasteiger partial charge in [-0.3, -0.25) is 10.1 Å². The number of nitro benzene ring substituents is 1. The second kappa shape index (κ2) is 10.6. The summed E-state index contributed by atoms with van der Waals surface area (Å²) in [6.07, 6.45) is 2.48. The molecule has 0 saturated carbocycles. The van der Waals surface area contributed by atoms with Crippen LogP contribution in [-0.4, -0.2) is 47.4 Å². The van der Waals surface area contributed by atoms with Gasteiger partial charge >= 0.3 is 0 Å². The summed E-state index contributed by atoms with van der Waals surface area (Å²) < 4.78 is 19.4. The first kappa shape index (κ1) is 22.9. The summed E-state index contributed by atoms with van der Waals surface area (Å²) in [6.45, 7) is 2.05. The van der Waals surface area contributed by atoms with Gasteiger partial charge in [-0.15, -0.1) is 0 Å².